The summed E-state index contributed by atoms with van der Waals surface area (Å²) < 4.78 is 34.8. The summed E-state index contributed by atoms with van der Waals surface area (Å²) in [6.45, 7) is 4.67. The molecule has 2 aromatic heterocycles. The molecule has 0 radical (unpaired) electrons. The summed E-state index contributed by atoms with van der Waals surface area (Å²) in [6.07, 6.45) is 0.244. The predicted octanol–water partition coefficient (Wildman–Crippen LogP) is 2.55. The number of piperidine rings is 1. The molecule has 3 aromatic rings. The summed E-state index contributed by atoms with van der Waals surface area (Å²) in [7, 11) is 0. The molecule has 5 rings (SSSR count). The largest absolute Gasteiger partial charge is 0.378 e. The van der Waals surface area contributed by atoms with Crippen molar-refractivity contribution in [2.45, 2.75) is 25.7 Å². The highest BCUT2D eigenvalue weighted by Crippen LogP contribution is 2.29. The van der Waals surface area contributed by atoms with Crippen LogP contribution in [0.1, 0.15) is 31.5 Å². The van der Waals surface area contributed by atoms with Crippen LogP contribution in [0.4, 0.5) is 20.7 Å². The second kappa shape index (κ2) is 9.52. The first kappa shape index (κ1) is 21.9. The van der Waals surface area contributed by atoms with Crippen molar-refractivity contribution in [1.82, 2.24) is 24.5 Å². The smallest absolute Gasteiger partial charge is 0.296 e. The zero-order valence-corrected chi connectivity index (χ0v) is 18.4. The molecule has 0 amide bonds. The highest BCUT2D eigenvalue weighted by Gasteiger charge is 2.27. The summed E-state index contributed by atoms with van der Waals surface area (Å²) in [6, 6.07) is 7.04. The maximum atomic E-state index is 14.0. The van der Waals surface area contributed by atoms with Crippen LogP contribution >= 0.6 is 0 Å². The Morgan fingerprint density at radius 3 is 2.21 bits per heavy atom. The van der Waals surface area contributed by atoms with Gasteiger partial charge in [-0.1, -0.05) is 12.1 Å². The van der Waals surface area contributed by atoms with Crippen molar-refractivity contribution in [3.8, 4) is 5.95 Å². The molecule has 33 heavy (non-hydrogen) atoms. The van der Waals surface area contributed by atoms with Crippen molar-refractivity contribution >= 4 is 22.9 Å². The van der Waals surface area contributed by atoms with E-state index in [1.165, 1.54) is 4.57 Å². The monoisotopic (exact) mass is 458 g/mol. The van der Waals surface area contributed by atoms with Crippen LogP contribution in [0.3, 0.4) is 0 Å². The van der Waals surface area contributed by atoms with Gasteiger partial charge >= 0.3 is 0 Å². The third-order valence-electron chi connectivity index (χ3n) is 6.35. The molecule has 0 aliphatic carbocycles. The van der Waals surface area contributed by atoms with Crippen molar-refractivity contribution in [3.05, 3.63) is 30.1 Å². The van der Waals surface area contributed by atoms with Gasteiger partial charge in [-0.3, -0.25) is 4.57 Å². The number of ether oxygens (including phenoxy) is 1. The molecule has 9 nitrogen and oxygen atoms in total. The molecular formula is C22H28F2N8O. The number of alkyl halides is 2. The number of imidazole rings is 1. The predicted molar refractivity (Wildman–Crippen MR) is 121 cm³/mol. The number of benzene rings is 1. The fraction of sp³-hybridized carbons (Fsp3) is 0.545. The minimum absolute atomic E-state index is 0.162. The Hall–Kier alpha value is -2.92. The SMILES string of the molecule is NCCC1CCN(c2nc(N3CCOCC3)nc(-n3c(C(F)F)nc4ccccc43)n2)CC1. The van der Waals surface area contributed by atoms with Crippen molar-refractivity contribution in [2.24, 2.45) is 11.7 Å². The van der Waals surface area contributed by atoms with E-state index in [0.29, 0.717) is 61.7 Å². The molecular weight excluding hydrogens is 430 g/mol. The van der Waals surface area contributed by atoms with E-state index in [1.807, 2.05) is 4.90 Å². The number of fused-ring (bicyclic) bond motifs is 1. The van der Waals surface area contributed by atoms with Gasteiger partial charge in [0.05, 0.1) is 24.2 Å². The third-order valence-corrected chi connectivity index (χ3v) is 6.35. The Kier molecular flexibility index (Phi) is 6.32. The van der Waals surface area contributed by atoms with Crippen LogP contribution in [0.25, 0.3) is 17.0 Å². The molecule has 176 valence electrons. The minimum Gasteiger partial charge on any atom is -0.378 e. The maximum absolute atomic E-state index is 14.0. The first-order chi connectivity index (χ1) is 16.1. The second-order valence-electron chi connectivity index (χ2n) is 8.44. The molecule has 0 atom stereocenters. The summed E-state index contributed by atoms with van der Waals surface area (Å²) in [4.78, 5) is 22.3. The molecule has 4 heterocycles. The van der Waals surface area contributed by atoms with Crippen molar-refractivity contribution in [1.29, 1.82) is 0 Å². The van der Waals surface area contributed by atoms with Crippen LogP contribution in [-0.2, 0) is 4.74 Å². The summed E-state index contributed by atoms with van der Waals surface area (Å²) in [5.41, 5.74) is 6.75. The number of rotatable bonds is 6. The average Bonchev–Trinajstić information content (AvgIpc) is 3.25. The van der Waals surface area contributed by atoms with E-state index < -0.39 is 6.43 Å². The van der Waals surface area contributed by atoms with E-state index in [4.69, 9.17) is 15.5 Å². The van der Waals surface area contributed by atoms with Crippen LogP contribution in [0, 0.1) is 5.92 Å². The van der Waals surface area contributed by atoms with E-state index in [1.54, 1.807) is 24.3 Å². The number of nitrogens with two attached hydrogens (primary N) is 1. The van der Waals surface area contributed by atoms with Crippen molar-refractivity contribution in [3.63, 3.8) is 0 Å². The molecule has 2 saturated heterocycles. The van der Waals surface area contributed by atoms with Crippen LogP contribution in [0.5, 0.6) is 0 Å². The van der Waals surface area contributed by atoms with E-state index in [0.717, 1.165) is 32.4 Å². The maximum Gasteiger partial charge on any atom is 0.296 e. The first-order valence-corrected chi connectivity index (χ1v) is 11.4. The van der Waals surface area contributed by atoms with Crippen LogP contribution in [-0.4, -0.2) is 70.4 Å². The number of hydrogen-bond acceptors (Lipinski definition) is 8. The standard InChI is InChI=1S/C22H28F2N8O/c23-18(24)19-26-16-3-1-2-4-17(16)32(19)22-28-20(30-9-6-15(5-8-25)7-10-30)27-21(29-22)31-11-13-33-14-12-31/h1-4,15,18H,5-14,25H2. The molecule has 0 unspecified atom stereocenters. The Balaban J connectivity index is 1.58. The van der Waals surface area contributed by atoms with Crippen molar-refractivity contribution < 1.29 is 13.5 Å². The van der Waals surface area contributed by atoms with Gasteiger partial charge in [0.15, 0.2) is 5.82 Å². The summed E-state index contributed by atoms with van der Waals surface area (Å²) in [5, 5.41) is 0. The second-order valence-corrected chi connectivity index (χ2v) is 8.44. The van der Waals surface area contributed by atoms with Crippen molar-refractivity contribution in [2.75, 3.05) is 55.7 Å². The number of para-hydroxylation sites is 2. The van der Waals surface area contributed by atoms with Gasteiger partial charge in [0, 0.05) is 26.2 Å². The molecule has 2 fully saturated rings. The number of anilines is 2. The van der Waals surface area contributed by atoms with Gasteiger partial charge in [-0.05, 0) is 43.9 Å². The van der Waals surface area contributed by atoms with Gasteiger partial charge in [0.25, 0.3) is 6.43 Å². The zero-order chi connectivity index (χ0) is 22.8. The highest BCUT2D eigenvalue weighted by molar-refractivity contribution is 5.77. The quantitative estimate of drug-likeness (QED) is 0.602. The number of nitrogens with zero attached hydrogens (tertiary/aromatic N) is 7. The topological polar surface area (TPSA) is 98.2 Å². The van der Waals surface area contributed by atoms with Gasteiger partial charge in [0.1, 0.15) is 0 Å². The Morgan fingerprint density at radius 2 is 1.55 bits per heavy atom. The molecule has 0 bridgehead atoms. The number of halogens is 2. The Bertz CT molecular complexity index is 1090. The fourth-order valence-corrected chi connectivity index (χ4v) is 4.55. The molecule has 1 aromatic carbocycles. The lowest BCUT2D eigenvalue weighted by Gasteiger charge is -2.33. The molecule has 2 aliphatic rings. The molecule has 2 aliphatic heterocycles. The molecule has 0 spiro atoms. The number of aromatic nitrogens is 5. The molecule has 0 saturated carbocycles. The van der Waals surface area contributed by atoms with E-state index in [-0.39, 0.29) is 11.8 Å². The normalized spacial score (nSPS) is 17.9. The molecule has 2 N–H and O–H groups in total. The van der Waals surface area contributed by atoms with Gasteiger partial charge in [-0.25, -0.2) is 13.8 Å². The number of hydrogen-bond donors (Lipinski definition) is 1. The highest BCUT2D eigenvalue weighted by atomic mass is 19.3. The van der Waals surface area contributed by atoms with Crippen LogP contribution < -0.4 is 15.5 Å². The lowest BCUT2D eigenvalue weighted by atomic mass is 9.94. The van der Waals surface area contributed by atoms with Gasteiger partial charge in [-0.15, -0.1) is 0 Å². The van der Waals surface area contributed by atoms with Gasteiger partial charge in [0.2, 0.25) is 17.8 Å². The zero-order valence-electron chi connectivity index (χ0n) is 18.4. The van der Waals surface area contributed by atoms with E-state index in [2.05, 4.69) is 19.9 Å². The Morgan fingerprint density at radius 1 is 0.909 bits per heavy atom. The minimum atomic E-state index is -2.77. The number of morpholine rings is 1. The Labute approximate surface area is 190 Å². The lowest BCUT2D eigenvalue weighted by molar-refractivity contribution is 0.122. The fourth-order valence-electron chi connectivity index (χ4n) is 4.55. The van der Waals surface area contributed by atoms with Crippen LogP contribution in [0.15, 0.2) is 24.3 Å². The van der Waals surface area contributed by atoms with Crippen LogP contribution in [0.2, 0.25) is 0 Å². The lowest BCUT2D eigenvalue weighted by Crippen LogP contribution is -2.39. The van der Waals surface area contributed by atoms with Gasteiger partial charge < -0.3 is 20.3 Å². The average molecular weight is 459 g/mol. The summed E-state index contributed by atoms with van der Waals surface area (Å²) >= 11 is 0. The first-order valence-electron chi connectivity index (χ1n) is 11.4. The van der Waals surface area contributed by atoms with E-state index in [9.17, 15) is 8.78 Å². The third kappa shape index (κ3) is 4.47. The van der Waals surface area contributed by atoms with Gasteiger partial charge in [-0.2, -0.15) is 15.0 Å². The molecule has 11 heteroatoms. The van der Waals surface area contributed by atoms with E-state index >= 15 is 0 Å². The summed E-state index contributed by atoms with van der Waals surface area (Å²) in [5.74, 6) is 1.36.